The van der Waals surface area contributed by atoms with Crippen molar-refractivity contribution in [2.45, 2.75) is 43.1 Å². The molecule has 4 nitrogen and oxygen atoms in total. The van der Waals surface area contributed by atoms with Crippen LogP contribution in [0, 0.1) is 0 Å². The number of benzene rings is 1. The van der Waals surface area contributed by atoms with Gasteiger partial charge in [-0.25, -0.2) is 0 Å². The van der Waals surface area contributed by atoms with E-state index in [1.54, 1.807) is 11.8 Å². The van der Waals surface area contributed by atoms with Crippen molar-refractivity contribution in [3.8, 4) is 0 Å². The minimum atomic E-state index is -4.45. The normalized spacial score (nSPS) is 11.8. The third-order valence-corrected chi connectivity index (χ3v) is 4.27. The Bertz CT molecular complexity index is 696. The van der Waals surface area contributed by atoms with Gasteiger partial charge >= 0.3 is 6.18 Å². The van der Waals surface area contributed by atoms with Gasteiger partial charge in [0.2, 0.25) is 5.91 Å². The van der Waals surface area contributed by atoms with E-state index in [2.05, 4.69) is 24.3 Å². The van der Waals surface area contributed by atoms with E-state index in [1.807, 2.05) is 24.3 Å². The van der Waals surface area contributed by atoms with Crippen LogP contribution in [-0.4, -0.2) is 27.5 Å². The Morgan fingerprint density at radius 1 is 1.24 bits per heavy atom. The minimum Gasteiger partial charge on any atom is -0.354 e. The van der Waals surface area contributed by atoms with Crippen molar-refractivity contribution >= 4 is 17.7 Å². The maximum absolute atomic E-state index is 12.4. The molecule has 1 N–H and O–H groups in total. The Kier molecular flexibility index (Phi) is 6.52. The summed E-state index contributed by atoms with van der Waals surface area (Å²) in [4.78, 5) is 13.1. The van der Waals surface area contributed by atoms with E-state index < -0.39 is 11.9 Å². The molecule has 0 aliphatic heterocycles. The molecule has 25 heavy (non-hydrogen) atoms. The van der Waals surface area contributed by atoms with Gasteiger partial charge in [0.05, 0.1) is 13.0 Å². The van der Waals surface area contributed by atoms with Crippen LogP contribution in [0.2, 0.25) is 0 Å². The lowest BCUT2D eigenvalue weighted by molar-refractivity contribution is -0.141. The molecular formula is C17H20F3N3OS. The van der Waals surface area contributed by atoms with Crippen LogP contribution in [0.1, 0.15) is 25.1 Å². The van der Waals surface area contributed by atoms with Crippen molar-refractivity contribution < 1.29 is 18.0 Å². The molecule has 0 bridgehead atoms. The number of carbonyl (C=O) groups is 1. The molecule has 2 rings (SSSR count). The lowest BCUT2D eigenvalue weighted by Crippen LogP contribution is -2.28. The van der Waals surface area contributed by atoms with E-state index in [1.165, 1.54) is 10.9 Å². The number of rotatable bonds is 7. The smallest absolute Gasteiger partial charge is 0.354 e. The Hall–Kier alpha value is -1.96. The average Bonchev–Trinajstić information content (AvgIpc) is 2.98. The zero-order chi connectivity index (χ0) is 18.4. The fourth-order valence-electron chi connectivity index (χ4n) is 2.15. The van der Waals surface area contributed by atoms with E-state index in [0.717, 1.165) is 16.5 Å². The molecule has 136 valence electrons. The molecule has 0 saturated heterocycles. The van der Waals surface area contributed by atoms with Crippen molar-refractivity contribution in [3.05, 3.63) is 47.8 Å². The van der Waals surface area contributed by atoms with Crippen molar-refractivity contribution in [2.24, 2.45) is 0 Å². The first kappa shape index (κ1) is 19.4. The molecule has 2 aromatic rings. The predicted octanol–water partition coefficient (Wildman–Crippen LogP) is 3.76. The Balaban J connectivity index is 1.76. The number of nitrogens with zero attached hydrogens (tertiary/aromatic N) is 2. The molecule has 0 atom stereocenters. The van der Waals surface area contributed by atoms with Gasteiger partial charge in [0, 0.05) is 22.9 Å². The summed E-state index contributed by atoms with van der Waals surface area (Å²) in [5.41, 5.74) is -0.0396. The second-order valence-corrected chi connectivity index (χ2v) is 7.45. The number of amides is 1. The Labute approximate surface area is 148 Å². The monoisotopic (exact) mass is 371 g/mol. The number of hydrogen-bond donors (Lipinski definition) is 1. The Morgan fingerprint density at radius 3 is 2.48 bits per heavy atom. The highest BCUT2D eigenvalue weighted by molar-refractivity contribution is 7.99. The molecule has 1 heterocycles. The fourth-order valence-corrected chi connectivity index (χ4v) is 2.99. The largest absolute Gasteiger partial charge is 0.435 e. The molecule has 0 fully saturated rings. The number of hydrogen-bond acceptors (Lipinski definition) is 3. The number of thioether (sulfide) groups is 1. The molecule has 0 spiro atoms. The SMILES string of the molecule is CC(C)Sc1ccc(CC(=O)NCCn2ccc(C(F)(F)F)n2)cc1. The van der Waals surface area contributed by atoms with Crippen LogP contribution in [0.5, 0.6) is 0 Å². The molecule has 1 aromatic heterocycles. The van der Waals surface area contributed by atoms with Crippen molar-refractivity contribution in [3.63, 3.8) is 0 Å². The summed E-state index contributed by atoms with van der Waals surface area (Å²) in [6.45, 7) is 4.64. The van der Waals surface area contributed by atoms with Gasteiger partial charge in [-0.05, 0) is 23.8 Å². The highest BCUT2D eigenvalue weighted by Gasteiger charge is 2.33. The molecular weight excluding hydrogens is 351 g/mol. The van der Waals surface area contributed by atoms with Gasteiger partial charge < -0.3 is 5.32 Å². The lowest BCUT2D eigenvalue weighted by atomic mass is 10.1. The van der Waals surface area contributed by atoms with E-state index in [-0.39, 0.29) is 25.4 Å². The van der Waals surface area contributed by atoms with Crippen LogP contribution in [0.15, 0.2) is 41.4 Å². The maximum atomic E-state index is 12.4. The quantitative estimate of drug-likeness (QED) is 0.754. The summed E-state index contributed by atoms with van der Waals surface area (Å²) < 4.78 is 38.5. The lowest BCUT2D eigenvalue weighted by Gasteiger charge is -2.08. The van der Waals surface area contributed by atoms with Gasteiger partial charge in [-0.2, -0.15) is 18.3 Å². The number of carbonyl (C=O) groups excluding carboxylic acids is 1. The number of aromatic nitrogens is 2. The summed E-state index contributed by atoms with van der Waals surface area (Å²) in [6.07, 6.45) is -2.96. The van der Waals surface area contributed by atoms with Gasteiger partial charge in [-0.1, -0.05) is 26.0 Å². The highest BCUT2D eigenvalue weighted by Crippen LogP contribution is 2.27. The first-order valence-electron chi connectivity index (χ1n) is 7.87. The van der Waals surface area contributed by atoms with Crippen LogP contribution in [0.25, 0.3) is 0 Å². The molecule has 0 radical (unpaired) electrons. The van der Waals surface area contributed by atoms with Crippen molar-refractivity contribution in [2.75, 3.05) is 6.54 Å². The van der Waals surface area contributed by atoms with Crippen molar-refractivity contribution in [1.82, 2.24) is 15.1 Å². The summed E-state index contributed by atoms with van der Waals surface area (Å²) in [6, 6.07) is 8.70. The van der Waals surface area contributed by atoms with Crippen LogP contribution >= 0.6 is 11.8 Å². The summed E-state index contributed by atoms with van der Waals surface area (Å²) in [5.74, 6) is -0.174. The highest BCUT2D eigenvalue weighted by atomic mass is 32.2. The van der Waals surface area contributed by atoms with Crippen LogP contribution in [0.4, 0.5) is 13.2 Å². The first-order chi connectivity index (χ1) is 11.7. The summed E-state index contributed by atoms with van der Waals surface area (Å²) in [5, 5.41) is 6.62. The molecule has 1 aromatic carbocycles. The standard InChI is InChI=1S/C17H20F3N3OS/c1-12(2)25-14-5-3-13(4-6-14)11-16(24)21-8-10-23-9-7-15(22-23)17(18,19)20/h3-7,9,12H,8,10-11H2,1-2H3,(H,21,24). The molecule has 0 saturated carbocycles. The average molecular weight is 371 g/mol. The first-order valence-corrected chi connectivity index (χ1v) is 8.75. The Morgan fingerprint density at radius 2 is 1.92 bits per heavy atom. The van der Waals surface area contributed by atoms with E-state index >= 15 is 0 Å². The van der Waals surface area contributed by atoms with Gasteiger partial charge in [0.25, 0.3) is 0 Å². The van der Waals surface area contributed by atoms with Gasteiger partial charge in [-0.3, -0.25) is 9.48 Å². The number of alkyl halides is 3. The van der Waals surface area contributed by atoms with E-state index in [9.17, 15) is 18.0 Å². The van der Waals surface area contributed by atoms with Crippen LogP contribution in [-0.2, 0) is 23.9 Å². The minimum absolute atomic E-state index is 0.174. The third kappa shape index (κ3) is 6.45. The van der Waals surface area contributed by atoms with E-state index in [4.69, 9.17) is 0 Å². The molecule has 8 heteroatoms. The van der Waals surface area contributed by atoms with Crippen LogP contribution in [0.3, 0.4) is 0 Å². The van der Waals surface area contributed by atoms with Gasteiger partial charge in [0.1, 0.15) is 0 Å². The predicted molar refractivity (Wildman–Crippen MR) is 91.4 cm³/mol. The van der Waals surface area contributed by atoms with Gasteiger partial charge in [-0.15, -0.1) is 11.8 Å². The molecule has 0 aliphatic rings. The van der Waals surface area contributed by atoms with Gasteiger partial charge in [0.15, 0.2) is 5.69 Å². The van der Waals surface area contributed by atoms with Crippen molar-refractivity contribution in [1.29, 1.82) is 0 Å². The molecule has 0 unspecified atom stereocenters. The molecule has 0 aliphatic carbocycles. The topological polar surface area (TPSA) is 46.9 Å². The molecule has 1 amide bonds. The maximum Gasteiger partial charge on any atom is 0.435 e. The number of nitrogens with one attached hydrogen (secondary N) is 1. The summed E-state index contributed by atoms with van der Waals surface area (Å²) in [7, 11) is 0. The second-order valence-electron chi connectivity index (χ2n) is 5.80. The van der Waals surface area contributed by atoms with Crippen LogP contribution < -0.4 is 5.32 Å². The second kappa shape index (κ2) is 8.42. The fraction of sp³-hybridized carbons (Fsp3) is 0.412. The van der Waals surface area contributed by atoms with E-state index in [0.29, 0.717) is 5.25 Å². The number of halogens is 3. The zero-order valence-electron chi connectivity index (χ0n) is 14.0. The third-order valence-electron chi connectivity index (χ3n) is 3.25. The zero-order valence-corrected chi connectivity index (χ0v) is 14.8. The summed E-state index contributed by atoms with van der Waals surface area (Å²) >= 11 is 1.75.